The molecule has 0 aliphatic carbocycles. The summed E-state index contributed by atoms with van der Waals surface area (Å²) >= 11 is 5.57. The molecule has 0 N–H and O–H groups in total. The number of ketones is 1. The maximum Gasteiger partial charge on any atom is 0.174 e. The quantitative estimate of drug-likeness (QED) is 0.395. The summed E-state index contributed by atoms with van der Waals surface area (Å²) in [6, 6.07) is 3.09. The zero-order valence-corrected chi connectivity index (χ0v) is 7.01. The average molecular weight is 180 g/mol. The van der Waals surface area contributed by atoms with E-state index in [2.05, 4.69) is 10.9 Å². The molecule has 0 aliphatic rings. The molecule has 0 atom stereocenters. The molecule has 60 valence electrons. The molecule has 1 aromatic heterocycles. The highest BCUT2D eigenvalue weighted by Gasteiger charge is 2.03. The molecule has 1 aromatic rings. The maximum absolute atomic E-state index is 11.2. The second kappa shape index (κ2) is 3.89. The summed E-state index contributed by atoms with van der Waals surface area (Å²) in [6.07, 6.45) is 6.56. The van der Waals surface area contributed by atoms with Crippen LogP contribution in [0.5, 0.6) is 0 Å². The number of aromatic nitrogens is 1. The summed E-state index contributed by atoms with van der Waals surface area (Å²) in [5.74, 6) is 2.16. The summed E-state index contributed by atoms with van der Waals surface area (Å²) in [5, 5.41) is 0.304. The van der Waals surface area contributed by atoms with Crippen LogP contribution in [0.3, 0.4) is 0 Å². The lowest BCUT2D eigenvalue weighted by Crippen LogP contribution is -1.97. The van der Waals surface area contributed by atoms with E-state index in [0.717, 1.165) is 0 Å². The average Bonchev–Trinajstić information content (AvgIpc) is 2.05. The minimum Gasteiger partial charge on any atom is -0.293 e. The van der Waals surface area contributed by atoms with E-state index in [9.17, 15) is 4.79 Å². The fourth-order valence-electron chi connectivity index (χ4n) is 0.771. The van der Waals surface area contributed by atoms with Gasteiger partial charge in [0.1, 0.15) is 5.15 Å². The predicted molar refractivity (Wildman–Crippen MR) is 47.0 cm³/mol. The van der Waals surface area contributed by atoms with Crippen LogP contribution in [0.2, 0.25) is 5.15 Å². The largest absolute Gasteiger partial charge is 0.293 e. The van der Waals surface area contributed by atoms with E-state index in [1.807, 2.05) is 0 Å². The van der Waals surface area contributed by atoms with Gasteiger partial charge in [0.2, 0.25) is 0 Å². The third-order valence-corrected chi connectivity index (χ3v) is 1.52. The molecule has 12 heavy (non-hydrogen) atoms. The van der Waals surface area contributed by atoms with Crippen LogP contribution in [0.15, 0.2) is 18.3 Å². The number of hydrogen-bond acceptors (Lipinski definition) is 2. The minimum absolute atomic E-state index is 0.0976. The molecule has 0 amide bonds. The third kappa shape index (κ3) is 2.08. The molecule has 2 nitrogen and oxygen atoms in total. The number of Topliss-reactive ketones (excluding diaryl/α,β-unsaturated/α-hetero) is 1. The summed E-state index contributed by atoms with van der Waals surface area (Å²) in [4.78, 5) is 14.9. The normalized spacial score (nSPS) is 9.00. The van der Waals surface area contributed by atoms with Crippen molar-refractivity contribution in [1.82, 2.24) is 4.98 Å². The molecule has 1 rings (SSSR count). The van der Waals surface area contributed by atoms with E-state index >= 15 is 0 Å². The Bertz CT molecular complexity index is 341. The maximum atomic E-state index is 11.2. The van der Waals surface area contributed by atoms with Gasteiger partial charge in [0.15, 0.2) is 5.78 Å². The van der Waals surface area contributed by atoms with E-state index < -0.39 is 0 Å². The Morgan fingerprint density at radius 3 is 3.08 bits per heavy atom. The highest BCUT2D eigenvalue weighted by atomic mass is 35.5. The lowest BCUT2D eigenvalue weighted by Gasteiger charge is -1.95. The van der Waals surface area contributed by atoms with Gasteiger partial charge in [-0.1, -0.05) is 17.5 Å². The van der Waals surface area contributed by atoms with Gasteiger partial charge >= 0.3 is 0 Å². The molecule has 0 fully saturated rings. The van der Waals surface area contributed by atoms with Gasteiger partial charge in [-0.2, -0.15) is 0 Å². The van der Waals surface area contributed by atoms with Crippen LogP contribution in [0, 0.1) is 12.3 Å². The Morgan fingerprint density at radius 1 is 1.75 bits per heavy atom. The zero-order valence-electron chi connectivity index (χ0n) is 6.25. The van der Waals surface area contributed by atoms with Crippen molar-refractivity contribution in [3.63, 3.8) is 0 Å². The van der Waals surface area contributed by atoms with Crippen molar-refractivity contribution in [3.05, 3.63) is 29.0 Å². The molecular formula is C9H6ClNO. The third-order valence-electron chi connectivity index (χ3n) is 1.31. The fourth-order valence-corrected chi connectivity index (χ4v) is 0.945. The highest BCUT2D eigenvalue weighted by Crippen LogP contribution is 2.08. The van der Waals surface area contributed by atoms with Crippen molar-refractivity contribution >= 4 is 17.4 Å². The molecule has 0 unspecified atom stereocenters. The van der Waals surface area contributed by atoms with Crippen molar-refractivity contribution in [1.29, 1.82) is 0 Å². The van der Waals surface area contributed by atoms with Gasteiger partial charge in [0.25, 0.3) is 0 Å². The van der Waals surface area contributed by atoms with Crippen LogP contribution >= 0.6 is 11.6 Å². The van der Waals surface area contributed by atoms with Crippen molar-refractivity contribution in [2.24, 2.45) is 0 Å². The van der Waals surface area contributed by atoms with E-state index in [-0.39, 0.29) is 12.2 Å². The molecule has 1 heterocycles. The van der Waals surface area contributed by atoms with Gasteiger partial charge in [0, 0.05) is 11.8 Å². The van der Waals surface area contributed by atoms with Crippen LogP contribution in [0.4, 0.5) is 0 Å². The first-order valence-corrected chi connectivity index (χ1v) is 3.70. The van der Waals surface area contributed by atoms with Crippen molar-refractivity contribution < 1.29 is 4.79 Å². The van der Waals surface area contributed by atoms with Gasteiger partial charge in [-0.05, 0) is 12.1 Å². The first-order chi connectivity index (χ1) is 5.74. The number of halogens is 1. The standard InChI is InChI=1S/C9H6ClNO/c1-2-3-8(12)7-4-5-11-9(10)6-7/h1,4-6H,3H2. The molecule has 0 saturated carbocycles. The summed E-state index contributed by atoms with van der Waals surface area (Å²) < 4.78 is 0. The Balaban J connectivity index is 2.90. The first-order valence-electron chi connectivity index (χ1n) is 3.32. The SMILES string of the molecule is C#CCC(=O)c1ccnc(Cl)c1. The Morgan fingerprint density at radius 2 is 2.50 bits per heavy atom. The van der Waals surface area contributed by atoms with Crippen LogP contribution < -0.4 is 0 Å². The minimum atomic E-state index is -0.109. The van der Waals surface area contributed by atoms with E-state index in [4.69, 9.17) is 18.0 Å². The fraction of sp³-hybridized carbons (Fsp3) is 0.111. The number of nitrogens with zero attached hydrogens (tertiary/aromatic N) is 1. The Hall–Kier alpha value is -1.33. The molecule has 0 bridgehead atoms. The van der Waals surface area contributed by atoms with Crippen LogP contribution in [-0.4, -0.2) is 10.8 Å². The van der Waals surface area contributed by atoms with E-state index in [1.165, 1.54) is 12.3 Å². The smallest absolute Gasteiger partial charge is 0.174 e. The lowest BCUT2D eigenvalue weighted by molar-refractivity contribution is 0.0998. The van der Waals surface area contributed by atoms with Gasteiger partial charge in [-0.3, -0.25) is 4.79 Å². The van der Waals surface area contributed by atoms with Gasteiger partial charge in [-0.15, -0.1) is 6.42 Å². The molecule has 0 saturated heterocycles. The first kappa shape index (κ1) is 8.76. The molecule has 0 spiro atoms. The summed E-state index contributed by atoms with van der Waals surface area (Å²) in [6.45, 7) is 0. The monoisotopic (exact) mass is 179 g/mol. The summed E-state index contributed by atoms with van der Waals surface area (Å²) in [5.41, 5.74) is 0.507. The molecular weight excluding hydrogens is 174 g/mol. The molecule has 0 aliphatic heterocycles. The second-order valence-corrected chi connectivity index (χ2v) is 2.56. The Labute approximate surface area is 75.6 Å². The summed E-state index contributed by atoms with van der Waals surface area (Å²) in [7, 11) is 0. The van der Waals surface area contributed by atoms with E-state index in [0.29, 0.717) is 10.7 Å². The molecule has 0 radical (unpaired) electrons. The van der Waals surface area contributed by atoms with Crippen LogP contribution in [0.25, 0.3) is 0 Å². The van der Waals surface area contributed by atoms with Crippen molar-refractivity contribution in [2.75, 3.05) is 0 Å². The predicted octanol–water partition coefficient (Wildman–Crippen LogP) is 1.94. The molecule has 0 aromatic carbocycles. The number of hydrogen-bond donors (Lipinski definition) is 0. The lowest BCUT2D eigenvalue weighted by atomic mass is 10.1. The Kier molecular flexibility index (Phi) is 2.84. The number of rotatable bonds is 2. The second-order valence-electron chi connectivity index (χ2n) is 2.17. The van der Waals surface area contributed by atoms with E-state index in [1.54, 1.807) is 6.07 Å². The highest BCUT2D eigenvalue weighted by molar-refractivity contribution is 6.29. The van der Waals surface area contributed by atoms with Gasteiger partial charge < -0.3 is 0 Å². The van der Waals surface area contributed by atoms with Crippen molar-refractivity contribution in [3.8, 4) is 12.3 Å². The zero-order chi connectivity index (χ0) is 8.97. The number of terminal acetylenes is 1. The number of pyridine rings is 1. The van der Waals surface area contributed by atoms with Crippen LogP contribution in [0.1, 0.15) is 16.8 Å². The number of carbonyl (C=O) groups is 1. The molecule has 3 heteroatoms. The van der Waals surface area contributed by atoms with Crippen LogP contribution in [-0.2, 0) is 0 Å². The topological polar surface area (TPSA) is 30.0 Å². The van der Waals surface area contributed by atoms with Gasteiger partial charge in [-0.25, -0.2) is 4.98 Å². The number of carbonyl (C=O) groups excluding carboxylic acids is 1. The van der Waals surface area contributed by atoms with Gasteiger partial charge in [0.05, 0.1) is 6.42 Å². The van der Waals surface area contributed by atoms with Crippen molar-refractivity contribution in [2.45, 2.75) is 6.42 Å².